The lowest BCUT2D eigenvalue weighted by Crippen LogP contribution is -2.19. The van der Waals surface area contributed by atoms with Crippen LogP contribution in [0.15, 0.2) is 18.2 Å². The van der Waals surface area contributed by atoms with Gasteiger partial charge in [0.1, 0.15) is 0 Å². The molecule has 1 aromatic carbocycles. The molecule has 0 spiro atoms. The molecule has 15 heavy (non-hydrogen) atoms. The lowest BCUT2D eigenvalue weighted by atomic mass is 10.1. The Morgan fingerprint density at radius 1 is 1.47 bits per heavy atom. The molecule has 82 valence electrons. The van der Waals surface area contributed by atoms with Gasteiger partial charge in [-0.25, -0.2) is 0 Å². The van der Waals surface area contributed by atoms with Gasteiger partial charge in [0.2, 0.25) is 0 Å². The van der Waals surface area contributed by atoms with Gasteiger partial charge in [-0.15, -0.1) is 0 Å². The first-order valence-electron chi connectivity index (χ1n) is 5.36. The van der Waals surface area contributed by atoms with E-state index in [1.165, 1.54) is 0 Å². The van der Waals surface area contributed by atoms with E-state index >= 15 is 0 Å². The first-order chi connectivity index (χ1) is 7.15. The first kappa shape index (κ1) is 10.3. The van der Waals surface area contributed by atoms with Crippen LogP contribution < -0.4 is 11.1 Å². The van der Waals surface area contributed by atoms with E-state index in [1.54, 1.807) is 0 Å². The monoisotopic (exact) mass is 206 g/mol. The smallest absolute Gasteiger partial charge is 0.0504 e. The number of aliphatic hydroxyl groups excluding tert-OH is 1. The number of hydrogen-bond donors (Lipinski definition) is 3. The van der Waals surface area contributed by atoms with Gasteiger partial charge in [-0.3, -0.25) is 0 Å². The lowest BCUT2D eigenvalue weighted by molar-refractivity contribution is 0.220. The minimum atomic E-state index is 0.139. The fourth-order valence-corrected chi connectivity index (χ4v) is 1.61. The van der Waals surface area contributed by atoms with Crippen LogP contribution in [0.1, 0.15) is 18.4 Å². The fourth-order valence-electron chi connectivity index (χ4n) is 1.61. The molecule has 1 saturated carbocycles. The molecule has 0 unspecified atom stereocenters. The average molecular weight is 206 g/mol. The van der Waals surface area contributed by atoms with Crippen LogP contribution in [0.3, 0.4) is 0 Å². The van der Waals surface area contributed by atoms with Crippen molar-refractivity contribution >= 4 is 11.4 Å². The Balaban J connectivity index is 1.96. The molecule has 1 aliphatic carbocycles. The second-order valence-electron chi connectivity index (χ2n) is 4.58. The Labute approximate surface area is 90.3 Å². The summed E-state index contributed by atoms with van der Waals surface area (Å²) in [7, 11) is 0. The van der Waals surface area contributed by atoms with E-state index in [4.69, 9.17) is 10.8 Å². The Hall–Kier alpha value is -1.22. The third-order valence-electron chi connectivity index (χ3n) is 3.24. The van der Waals surface area contributed by atoms with E-state index in [0.717, 1.165) is 36.3 Å². The second kappa shape index (κ2) is 3.74. The fraction of sp³-hybridized carbons (Fsp3) is 0.500. The molecule has 4 N–H and O–H groups in total. The Kier molecular flexibility index (Phi) is 2.57. The molecule has 1 fully saturated rings. The molecule has 0 aromatic heterocycles. The maximum Gasteiger partial charge on any atom is 0.0504 e. The number of anilines is 2. The molecule has 0 atom stereocenters. The standard InChI is InChI=1S/C12H18N2O/c1-9-2-3-10(6-11(9)13)14-7-12(8-15)4-5-12/h2-3,6,14-15H,4-5,7-8,13H2,1H3. The van der Waals surface area contributed by atoms with Gasteiger partial charge in [0.25, 0.3) is 0 Å². The summed E-state index contributed by atoms with van der Waals surface area (Å²) in [6.07, 6.45) is 2.25. The van der Waals surface area contributed by atoms with Gasteiger partial charge in [-0.1, -0.05) is 6.07 Å². The highest BCUT2D eigenvalue weighted by Gasteiger charge is 2.41. The van der Waals surface area contributed by atoms with Crippen LogP contribution in [-0.2, 0) is 0 Å². The van der Waals surface area contributed by atoms with Gasteiger partial charge in [-0.2, -0.15) is 0 Å². The third kappa shape index (κ3) is 2.23. The van der Waals surface area contributed by atoms with Crippen molar-refractivity contribution in [3.63, 3.8) is 0 Å². The summed E-state index contributed by atoms with van der Waals surface area (Å²) in [5.74, 6) is 0. The minimum absolute atomic E-state index is 0.139. The van der Waals surface area contributed by atoms with Crippen molar-refractivity contribution in [2.75, 3.05) is 24.2 Å². The van der Waals surface area contributed by atoms with Crippen molar-refractivity contribution in [2.45, 2.75) is 19.8 Å². The number of benzene rings is 1. The summed E-state index contributed by atoms with van der Waals surface area (Å²) >= 11 is 0. The molecule has 3 nitrogen and oxygen atoms in total. The number of nitrogens with one attached hydrogen (secondary N) is 1. The van der Waals surface area contributed by atoms with E-state index < -0.39 is 0 Å². The highest BCUT2D eigenvalue weighted by Crippen LogP contribution is 2.44. The predicted octanol–water partition coefficient (Wildman–Crippen LogP) is 1.76. The zero-order valence-corrected chi connectivity index (χ0v) is 9.09. The number of aryl methyl sites for hydroxylation is 1. The minimum Gasteiger partial charge on any atom is -0.398 e. The normalized spacial score (nSPS) is 17.5. The summed E-state index contributed by atoms with van der Waals surface area (Å²) in [5, 5.41) is 12.5. The molecule has 0 radical (unpaired) electrons. The molecular weight excluding hydrogens is 188 g/mol. The SMILES string of the molecule is Cc1ccc(NCC2(CO)CC2)cc1N. The zero-order valence-electron chi connectivity index (χ0n) is 9.09. The lowest BCUT2D eigenvalue weighted by Gasteiger charge is -2.14. The van der Waals surface area contributed by atoms with Crippen molar-refractivity contribution in [3.05, 3.63) is 23.8 Å². The van der Waals surface area contributed by atoms with Crippen molar-refractivity contribution in [2.24, 2.45) is 5.41 Å². The zero-order chi connectivity index (χ0) is 10.9. The van der Waals surface area contributed by atoms with Crippen molar-refractivity contribution in [3.8, 4) is 0 Å². The maximum absolute atomic E-state index is 9.17. The number of rotatable bonds is 4. The number of aliphatic hydroxyl groups is 1. The Morgan fingerprint density at radius 2 is 2.20 bits per heavy atom. The van der Waals surface area contributed by atoms with E-state index in [-0.39, 0.29) is 12.0 Å². The van der Waals surface area contributed by atoms with E-state index in [1.807, 2.05) is 25.1 Å². The van der Waals surface area contributed by atoms with Crippen LogP contribution in [0.4, 0.5) is 11.4 Å². The van der Waals surface area contributed by atoms with Crippen LogP contribution in [-0.4, -0.2) is 18.3 Å². The largest absolute Gasteiger partial charge is 0.398 e. The van der Waals surface area contributed by atoms with Gasteiger partial charge in [-0.05, 0) is 37.5 Å². The van der Waals surface area contributed by atoms with Crippen LogP contribution in [0.2, 0.25) is 0 Å². The first-order valence-corrected chi connectivity index (χ1v) is 5.36. The molecule has 0 heterocycles. The average Bonchev–Trinajstić information content (AvgIpc) is 3.01. The van der Waals surface area contributed by atoms with Crippen LogP contribution >= 0.6 is 0 Å². The molecule has 0 saturated heterocycles. The van der Waals surface area contributed by atoms with E-state index in [9.17, 15) is 0 Å². The molecule has 0 aliphatic heterocycles. The molecule has 3 heteroatoms. The van der Waals surface area contributed by atoms with Crippen LogP contribution in [0.25, 0.3) is 0 Å². The third-order valence-corrected chi connectivity index (χ3v) is 3.24. The highest BCUT2D eigenvalue weighted by atomic mass is 16.3. The van der Waals surface area contributed by atoms with Crippen LogP contribution in [0.5, 0.6) is 0 Å². The van der Waals surface area contributed by atoms with Gasteiger partial charge in [0.15, 0.2) is 0 Å². The van der Waals surface area contributed by atoms with E-state index in [0.29, 0.717) is 0 Å². The summed E-state index contributed by atoms with van der Waals surface area (Å²) < 4.78 is 0. The maximum atomic E-state index is 9.17. The summed E-state index contributed by atoms with van der Waals surface area (Å²) in [6.45, 7) is 3.11. The summed E-state index contributed by atoms with van der Waals surface area (Å²) in [4.78, 5) is 0. The summed E-state index contributed by atoms with van der Waals surface area (Å²) in [6, 6.07) is 5.98. The quantitative estimate of drug-likeness (QED) is 0.658. The second-order valence-corrected chi connectivity index (χ2v) is 4.58. The Bertz CT molecular complexity index is 359. The van der Waals surface area contributed by atoms with E-state index in [2.05, 4.69) is 5.32 Å². The molecular formula is C12H18N2O. The topological polar surface area (TPSA) is 58.3 Å². The highest BCUT2D eigenvalue weighted by molar-refractivity contribution is 5.58. The van der Waals surface area contributed by atoms with Crippen molar-refractivity contribution in [1.29, 1.82) is 0 Å². The number of nitrogens with two attached hydrogens (primary N) is 1. The molecule has 2 rings (SSSR count). The van der Waals surface area contributed by atoms with Crippen LogP contribution in [0, 0.1) is 12.3 Å². The predicted molar refractivity (Wildman–Crippen MR) is 62.8 cm³/mol. The molecule has 0 bridgehead atoms. The van der Waals surface area contributed by atoms with Gasteiger partial charge in [0.05, 0.1) is 6.61 Å². The van der Waals surface area contributed by atoms with Gasteiger partial charge >= 0.3 is 0 Å². The van der Waals surface area contributed by atoms with Crippen molar-refractivity contribution < 1.29 is 5.11 Å². The van der Waals surface area contributed by atoms with Crippen molar-refractivity contribution in [1.82, 2.24) is 0 Å². The summed E-state index contributed by atoms with van der Waals surface area (Å²) in [5.41, 5.74) is 8.91. The number of nitrogen functional groups attached to an aromatic ring is 1. The number of hydrogen-bond acceptors (Lipinski definition) is 3. The Morgan fingerprint density at radius 3 is 2.73 bits per heavy atom. The molecule has 1 aliphatic rings. The van der Waals surface area contributed by atoms with Gasteiger partial charge in [0, 0.05) is 23.3 Å². The molecule has 1 aromatic rings. The molecule has 0 amide bonds. The van der Waals surface area contributed by atoms with Gasteiger partial charge < -0.3 is 16.2 Å².